The van der Waals surface area contributed by atoms with Gasteiger partial charge in [-0.05, 0) is 43.2 Å². The third kappa shape index (κ3) is 7.75. The van der Waals surface area contributed by atoms with Gasteiger partial charge in [0.1, 0.15) is 18.5 Å². The first kappa shape index (κ1) is 20.7. The lowest BCUT2D eigenvalue weighted by atomic mass is 10.1. The lowest BCUT2D eigenvalue weighted by Crippen LogP contribution is -2.36. The summed E-state index contributed by atoms with van der Waals surface area (Å²) in [5.74, 6) is 0.707. The maximum atomic E-state index is 10.4. The quantitative estimate of drug-likeness (QED) is 0.602. The van der Waals surface area contributed by atoms with E-state index in [2.05, 4.69) is 36.1 Å². The lowest BCUT2D eigenvalue weighted by molar-refractivity contribution is 0.0617. The van der Waals surface area contributed by atoms with Crippen molar-refractivity contribution in [3.63, 3.8) is 0 Å². The minimum atomic E-state index is -0.571. The Morgan fingerprint density at radius 2 is 1.92 bits per heavy atom. The summed E-state index contributed by atoms with van der Waals surface area (Å²) < 4.78 is 10.8. The number of ether oxygens (including phenoxy) is 2. The highest BCUT2D eigenvalue weighted by atomic mass is 35.5. The van der Waals surface area contributed by atoms with E-state index >= 15 is 0 Å². The van der Waals surface area contributed by atoms with Crippen LogP contribution < -0.4 is 4.74 Å². The van der Waals surface area contributed by atoms with Crippen molar-refractivity contribution >= 4 is 11.6 Å². The van der Waals surface area contributed by atoms with E-state index in [0.29, 0.717) is 23.9 Å². The first-order chi connectivity index (χ1) is 12.6. The van der Waals surface area contributed by atoms with E-state index in [9.17, 15) is 5.11 Å². The number of benzene rings is 2. The molecule has 2 aromatic carbocycles. The maximum Gasteiger partial charge on any atom is 0.119 e. The van der Waals surface area contributed by atoms with Gasteiger partial charge in [-0.15, -0.1) is 0 Å². The smallest absolute Gasteiger partial charge is 0.119 e. The van der Waals surface area contributed by atoms with Gasteiger partial charge in [0.15, 0.2) is 0 Å². The summed E-state index contributed by atoms with van der Waals surface area (Å²) in [6.45, 7) is 5.25. The Balaban J connectivity index is 1.88. The van der Waals surface area contributed by atoms with Crippen molar-refractivity contribution in [1.29, 1.82) is 0 Å². The number of methoxy groups -OCH3 is 1. The average Bonchev–Trinajstić information content (AvgIpc) is 2.61. The third-order valence-corrected chi connectivity index (χ3v) is 4.29. The van der Waals surface area contributed by atoms with E-state index < -0.39 is 6.10 Å². The third-order valence-electron chi connectivity index (χ3n) is 4.04. The molecule has 0 amide bonds. The maximum absolute atomic E-state index is 10.4. The molecule has 0 spiro atoms. The van der Waals surface area contributed by atoms with Crippen LogP contribution >= 0.6 is 11.6 Å². The van der Waals surface area contributed by atoms with Crippen molar-refractivity contribution in [2.24, 2.45) is 0 Å². The summed E-state index contributed by atoms with van der Waals surface area (Å²) in [4.78, 5) is 2.24. The van der Waals surface area contributed by atoms with Crippen LogP contribution in [0.25, 0.3) is 0 Å². The van der Waals surface area contributed by atoms with E-state index in [1.54, 1.807) is 31.4 Å². The number of rotatable bonds is 11. The van der Waals surface area contributed by atoms with Crippen LogP contribution in [0.2, 0.25) is 5.02 Å². The van der Waals surface area contributed by atoms with E-state index in [1.807, 2.05) is 0 Å². The van der Waals surface area contributed by atoms with Crippen LogP contribution in [0.3, 0.4) is 0 Å². The van der Waals surface area contributed by atoms with Gasteiger partial charge in [0.05, 0.1) is 0 Å². The molecule has 0 fully saturated rings. The summed E-state index contributed by atoms with van der Waals surface area (Å²) in [6, 6.07) is 15.6. The highest BCUT2D eigenvalue weighted by Crippen LogP contribution is 2.16. The van der Waals surface area contributed by atoms with Gasteiger partial charge in [0.2, 0.25) is 0 Å². The van der Waals surface area contributed by atoms with Gasteiger partial charge in [0.25, 0.3) is 0 Å². The summed E-state index contributed by atoms with van der Waals surface area (Å²) >= 11 is 5.87. The summed E-state index contributed by atoms with van der Waals surface area (Å²) in [6.07, 6.45) is 0.352. The van der Waals surface area contributed by atoms with Crippen molar-refractivity contribution < 1.29 is 14.6 Å². The second-order valence-corrected chi connectivity index (χ2v) is 6.93. The molecular formula is C21H28ClNO3. The van der Waals surface area contributed by atoms with Crippen LogP contribution in [0.1, 0.15) is 17.5 Å². The molecule has 0 aliphatic carbocycles. The highest BCUT2D eigenvalue weighted by Gasteiger charge is 2.13. The van der Waals surface area contributed by atoms with Crippen LogP contribution in [0.5, 0.6) is 5.75 Å². The molecule has 0 aliphatic heterocycles. The molecule has 0 heterocycles. The predicted molar refractivity (Wildman–Crippen MR) is 106 cm³/mol. The molecule has 1 atom stereocenters. The molecule has 2 aromatic rings. The Morgan fingerprint density at radius 1 is 1.15 bits per heavy atom. The van der Waals surface area contributed by atoms with Gasteiger partial charge in [-0.2, -0.15) is 0 Å². The fourth-order valence-electron chi connectivity index (χ4n) is 2.81. The fourth-order valence-corrected chi connectivity index (χ4v) is 2.94. The van der Waals surface area contributed by atoms with Crippen molar-refractivity contribution in [1.82, 2.24) is 4.90 Å². The Labute approximate surface area is 161 Å². The Bertz CT molecular complexity index is 648. The van der Waals surface area contributed by atoms with Crippen LogP contribution in [-0.4, -0.2) is 49.5 Å². The van der Waals surface area contributed by atoms with E-state index in [0.717, 1.165) is 19.5 Å². The minimum Gasteiger partial charge on any atom is -0.491 e. The van der Waals surface area contributed by atoms with Crippen LogP contribution in [0.15, 0.2) is 48.5 Å². The van der Waals surface area contributed by atoms with Crippen molar-refractivity contribution in [3.05, 3.63) is 64.7 Å². The average molecular weight is 378 g/mol. The number of halogens is 1. The molecule has 0 aliphatic rings. The molecule has 0 saturated carbocycles. The number of aliphatic hydroxyl groups is 1. The highest BCUT2D eigenvalue weighted by molar-refractivity contribution is 6.30. The molecule has 26 heavy (non-hydrogen) atoms. The number of aliphatic hydroxyl groups excluding tert-OH is 1. The zero-order valence-electron chi connectivity index (χ0n) is 15.5. The zero-order chi connectivity index (χ0) is 18.8. The largest absolute Gasteiger partial charge is 0.491 e. The van der Waals surface area contributed by atoms with Crippen LogP contribution in [0.4, 0.5) is 0 Å². The molecule has 0 saturated heterocycles. The topological polar surface area (TPSA) is 41.9 Å². The zero-order valence-corrected chi connectivity index (χ0v) is 16.3. The summed E-state index contributed by atoms with van der Waals surface area (Å²) in [7, 11) is 1.71. The minimum absolute atomic E-state index is 0.246. The fraction of sp³-hybridized carbons (Fsp3) is 0.429. The van der Waals surface area contributed by atoms with Crippen LogP contribution in [-0.2, 0) is 11.3 Å². The van der Waals surface area contributed by atoms with Crippen LogP contribution in [0, 0.1) is 6.92 Å². The van der Waals surface area contributed by atoms with Gasteiger partial charge in [-0.3, -0.25) is 4.90 Å². The van der Waals surface area contributed by atoms with Gasteiger partial charge in [-0.25, -0.2) is 0 Å². The SMILES string of the molecule is COCCCN(Cc1cccc(C)c1)CC(O)COc1ccc(Cl)cc1. The summed E-state index contributed by atoms with van der Waals surface area (Å²) in [5.41, 5.74) is 2.49. The first-order valence-electron chi connectivity index (χ1n) is 8.90. The number of aryl methyl sites for hydroxylation is 1. The lowest BCUT2D eigenvalue weighted by Gasteiger charge is -2.25. The Hall–Kier alpha value is -1.59. The normalized spacial score (nSPS) is 12.3. The molecule has 0 radical (unpaired) electrons. The molecule has 0 aromatic heterocycles. The number of hydrogen-bond donors (Lipinski definition) is 1. The molecule has 4 nitrogen and oxygen atoms in total. The Morgan fingerprint density at radius 3 is 2.62 bits per heavy atom. The van der Waals surface area contributed by atoms with Gasteiger partial charge in [0, 0.05) is 38.4 Å². The standard InChI is InChI=1S/C21H28ClNO3/c1-17-5-3-6-18(13-17)14-23(11-4-12-25-2)15-20(24)16-26-21-9-7-19(22)8-10-21/h3,5-10,13,20,24H,4,11-12,14-16H2,1-2H3. The monoisotopic (exact) mass is 377 g/mol. The molecule has 1 N–H and O–H groups in total. The second-order valence-electron chi connectivity index (χ2n) is 6.49. The van der Waals surface area contributed by atoms with Crippen molar-refractivity contribution in [2.45, 2.75) is 26.0 Å². The molecule has 5 heteroatoms. The molecule has 2 rings (SSSR count). The van der Waals surface area contributed by atoms with E-state index in [1.165, 1.54) is 11.1 Å². The first-order valence-corrected chi connectivity index (χ1v) is 9.28. The van der Waals surface area contributed by atoms with Crippen molar-refractivity contribution in [2.75, 3.05) is 33.4 Å². The molecule has 0 bridgehead atoms. The van der Waals surface area contributed by atoms with E-state index in [-0.39, 0.29) is 6.61 Å². The molecule has 142 valence electrons. The molecule has 1 unspecified atom stereocenters. The second kappa shape index (κ2) is 11.2. The molecular weight excluding hydrogens is 350 g/mol. The number of nitrogens with zero attached hydrogens (tertiary/aromatic N) is 1. The van der Waals surface area contributed by atoms with Gasteiger partial charge in [-0.1, -0.05) is 41.4 Å². The summed E-state index contributed by atoms with van der Waals surface area (Å²) in [5, 5.41) is 11.1. The van der Waals surface area contributed by atoms with Gasteiger partial charge < -0.3 is 14.6 Å². The number of hydrogen-bond acceptors (Lipinski definition) is 4. The van der Waals surface area contributed by atoms with Gasteiger partial charge >= 0.3 is 0 Å². The van der Waals surface area contributed by atoms with Crippen molar-refractivity contribution in [3.8, 4) is 5.75 Å². The van der Waals surface area contributed by atoms with E-state index in [4.69, 9.17) is 21.1 Å². The Kier molecular flexibility index (Phi) is 8.92. The predicted octanol–water partition coefficient (Wildman–Crippen LogP) is 3.93.